The van der Waals surface area contributed by atoms with E-state index in [1.54, 1.807) is 16.0 Å². The molecule has 0 unspecified atom stereocenters. The lowest BCUT2D eigenvalue weighted by Crippen LogP contribution is -2.63. The molecule has 0 saturated carbocycles. The average molecular weight is 484 g/mol. The fourth-order valence-electron chi connectivity index (χ4n) is 5.81. The summed E-state index contributed by atoms with van der Waals surface area (Å²) in [5.41, 5.74) is 3.93. The third-order valence-electron chi connectivity index (χ3n) is 7.59. The van der Waals surface area contributed by atoms with Crippen molar-refractivity contribution in [1.29, 1.82) is 0 Å². The molecule has 9 nitrogen and oxygen atoms in total. The third kappa shape index (κ3) is 3.12. The number of aryl methyl sites for hydroxylation is 1. The van der Waals surface area contributed by atoms with Gasteiger partial charge in [-0.15, -0.1) is 0 Å². The molecule has 0 bridgehead atoms. The summed E-state index contributed by atoms with van der Waals surface area (Å²) in [5, 5.41) is 1.09. The Labute approximate surface area is 207 Å². The van der Waals surface area contributed by atoms with Crippen molar-refractivity contribution in [2.75, 3.05) is 19.9 Å². The van der Waals surface area contributed by atoms with Gasteiger partial charge < -0.3 is 28.8 Å². The largest absolute Gasteiger partial charge is 0.454 e. The predicted octanol–water partition coefficient (Wildman–Crippen LogP) is 2.79. The van der Waals surface area contributed by atoms with Crippen molar-refractivity contribution in [3.8, 4) is 11.5 Å². The molecule has 9 heteroatoms. The van der Waals surface area contributed by atoms with E-state index in [9.17, 15) is 9.59 Å². The van der Waals surface area contributed by atoms with Crippen LogP contribution in [-0.2, 0) is 22.6 Å². The number of fused-ring (bicyclic) bond motifs is 5. The zero-order chi connectivity index (χ0) is 24.4. The van der Waals surface area contributed by atoms with Crippen LogP contribution in [0.4, 0.5) is 0 Å². The Hall–Kier alpha value is -4.27. The molecule has 3 aliphatic heterocycles. The van der Waals surface area contributed by atoms with Gasteiger partial charge in [-0.3, -0.25) is 9.59 Å². The summed E-state index contributed by atoms with van der Waals surface area (Å²) < 4.78 is 13.1. The molecular formula is C27H25N5O4. The summed E-state index contributed by atoms with van der Waals surface area (Å²) in [5.74, 6) is 2.14. The third-order valence-corrected chi connectivity index (χ3v) is 7.59. The Morgan fingerprint density at radius 2 is 1.94 bits per heavy atom. The van der Waals surface area contributed by atoms with E-state index in [1.165, 1.54) is 0 Å². The van der Waals surface area contributed by atoms with Gasteiger partial charge >= 0.3 is 0 Å². The Bertz CT molecular complexity index is 1520. The molecule has 4 aromatic rings. The number of amides is 2. The Morgan fingerprint density at radius 1 is 1.08 bits per heavy atom. The highest BCUT2D eigenvalue weighted by atomic mass is 16.7. The maximum Gasteiger partial charge on any atom is 0.246 e. The summed E-state index contributed by atoms with van der Waals surface area (Å²) in [4.78, 5) is 38.8. The zero-order valence-electron chi connectivity index (χ0n) is 19.8. The minimum Gasteiger partial charge on any atom is -0.454 e. The van der Waals surface area contributed by atoms with Gasteiger partial charge in [0.05, 0.1) is 12.6 Å². The molecule has 3 aliphatic rings. The first-order valence-electron chi connectivity index (χ1n) is 12.1. The van der Waals surface area contributed by atoms with Crippen LogP contribution in [0.5, 0.6) is 11.5 Å². The molecule has 5 heterocycles. The smallest absolute Gasteiger partial charge is 0.246 e. The number of imidazole rings is 1. The second-order valence-electron chi connectivity index (χ2n) is 9.53. The number of aromatic amines is 1. The molecule has 7 rings (SSSR count). The maximum absolute atomic E-state index is 13.8. The van der Waals surface area contributed by atoms with Crippen molar-refractivity contribution in [2.24, 2.45) is 0 Å². The number of rotatable bonds is 4. The summed E-state index contributed by atoms with van der Waals surface area (Å²) >= 11 is 0. The number of ether oxygens (including phenoxy) is 2. The monoisotopic (exact) mass is 483 g/mol. The van der Waals surface area contributed by atoms with Gasteiger partial charge in [0.2, 0.25) is 18.6 Å². The highest BCUT2D eigenvalue weighted by Gasteiger charge is 2.48. The fraction of sp³-hybridized carbons (Fsp3) is 0.296. The van der Waals surface area contributed by atoms with Crippen LogP contribution in [0, 0.1) is 6.92 Å². The normalized spacial score (nSPS) is 20.7. The topological polar surface area (TPSA) is 92.7 Å². The number of nitrogens with one attached hydrogen (secondary N) is 1. The fourth-order valence-corrected chi connectivity index (χ4v) is 5.81. The lowest BCUT2D eigenvalue weighted by Gasteiger charge is -2.47. The summed E-state index contributed by atoms with van der Waals surface area (Å²) in [6, 6.07) is 12.9. The maximum atomic E-state index is 13.8. The van der Waals surface area contributed by atoms with Crippen molar-refractivity contribution >= 4 is 22.7 Å². The molecule has 1 saturated heterocycles. The average Bonchev–Trinajstić information content (AvgIpc) is 3.62. The van der Waals surface area contributed by atoms with Crippen molar-refractivity contribution in [3.05, 3.63) is 77.5 Å². The van der Waals surface area contributed by atoms with Gasteiger partial charge in [0.15, 0.2) is 11.5 Å². The number of hydrogen-bond donors (Lipinski definition) is 1. The lowest BCUT2D eigenvalue weighted by atomic mass is 9.86. The Kier molecular flexibility index (Phi) is 4.60. The van der Waals surface area contributed by atoms with Gasteiger partial charge in [0, 0.05) is 48.5 Å². The van der Waals surface area contributed by atoms with Crippen molar-refractivity contribution in [3.63, 3.8) is 0 Å². The minimum atomic E-state index is -0.572. The second kappa shape index (κ2) is 7.87. The van der Waals surface area contributed by atoms with Crippen LogP contribution in [0.2, 0.25) is 0 Å². The number of carbonyl (C=O) groups excluding carboxylic acids is 2. The second-order valence-corrected chi connectivity index (χ2v) is 9.53. The van der Waals surface area contributed by atoms with Gasteiger partial charge in [0.1, 0.15) is 11.9 Å². The number of carbonyl (C=O) groups is 2. The van der Waals surface area contributed by atoms with Gasteiger partial charge in [-0.05, 0) is 36.2 Å². The van der Waals surface area contributed by atoms with Crippen molar-refractivity contribution < 1.29 is 19.1 Å². The van der Waals surface area contributed by atoms with Gasteiger partial charge in [-0.25, -0.2) is 4.98 Å². The van der Waals surface area contributed by atoms with E-state index in [0.29, 0.717) is 31.0 Å². The van der Waals surface area contributed by atoms with E-state index < -0.39 is 12.1 Å². The predicted molar refractivity (Wildman–Crippen MR) is 131 cm³/mol. The number of para-hydroxylation sites is 1. The summed E-state index contributed by atoms with van der Waals surface area (Å²) in [6.07, 6.45) is 4.12. The van der Waals surface area contributed by atoms with Crippen LogP contribution in [0.1, 0.15) is 28.7 Å². The molecule has 2 aromatic carbocycles. The lowest BCUT2D eigenvalue weighted by molar-refractivity contribution is -0.158. The first-order valence-corrected chi connectivity index (χ1v) is 12.1. The highest BCUT2D eigenvalue weighted by Crippen LogP contribution is 2.44. The van der Waals surface area contributed by atoms with E-state index in [0.717, 1.165) is 33.5 Å². The number of piperazine rings is 1. The van der Waals surface area contributed by atoms with Crippen LogP contribution in [0.3, 0.4) is 0 Å². The Morgan fingerprint density at radius 3 is 2.81 bits per heavy atom. The van der Waals surface area contributed by atoms with Gasteiger partial charge in [0.25, 0.3) is 0 Å². The van der Waals surface area contributed by atoms with E-state index in [4.69, 9.17) is 9.47 Å². The summed E-state index contributed by atoms with van der Waals surface area (Å²) in [7, 11) is 0. The quantitative estimate of drug-likeness (QED) is 0.482. The molecule has 1 fully saturated rings. The van der Waals surface area contributed by atoms with Crippen LogP contribution in [-0.4, -0.2) is 62.1 Å². The number of H-pyrrole nitrogens is 1. The SMILES string of the molecule is Cc1nccn1CCN1CC(=O)N2[C@H](c3ccc4c(c3)OCO4)c3[nH]c4ccccc4c3C[C@@H]2C1=O. The number of aromatic nitrogens is 3. The van der Waals surface area contributed by atoms with Gasteiger partial charge in [-0.1, -0.05) is 24.3 Å². The number of nitrogens with zero attached hydrogens (tertiary/aromatic N) is 4. The molecule has 0 aliphatic carbocycles. The molecule has 0 radical (unpaired) electrons. The molecule has 1 N–H and O–H groups in total. The molecular weight excluding hydrogens is 458 g/mol. The number of benzene rings is 2. The molecule has 2 amide bonds. The van der Waals surface area contributed by atoms with Crippen LogP contribution < -0.4 is 9.47 Å². The molecule has 182 valence electrons. The number of hydrogen-bond acceptors (Lipinski definition) is 5. The molecule has 2 aromatic heterocycles. The first-order chi connectivity index (χ1) is 17.6. The van der Waals surface area contributed by atoms with E-state index in [1.807, 2.05) is 54.1 Å². The van der Waals surface area contributed by atoms with Crippen molar-refractivity contribution in [2.45, 2.75) is 32.0 Å². The van der Waals surface area contributed by atoms with Gasteiger partial charge in [-0.2, -0.15) is 0 Å². The first kappa shape index (κ1) is 21.0. The molecule has 36 heavy (non-hydrogen) atoms. The van der Waals surface area contributed by atoms with Crippen LogP contribution >= 0.6 is 0 Å². The van der Waals surface area contributed by atoms with Crippen LogP contribution in [0.15, 0.2) is 54.9 Å². The zero-order valence-corrected chi connectivity index (χ0v) is 19.8. The van der Waals surface area contributed by atoms with Crippen LogP contribution in [0.25, 0.3) is 10.9 Å². The van der Waals surface area contributed by atoms with E-state index >= 15 is 0 Å². The van der Waals surface area contributed by atoms with E-state index in [-0.39, 0.29) is 25.2 Å². The minimum absolute atomic E-state index is 0.0194. The standard InChI is InChI=1S/C27H25N5O4/c1-16-28-8-9-30(16)10-11-31-14-24(33)32-21(27(31)34)13-19-18-4-2-3-5-20(18)29-25(19)26(32)17-6-7-22-23(12-17)36-15-35-22/h2-9,12,21,26,29H,10-11,13-15H2,1H3/t21-,26-/m1/s1. The van der Waals surface area contributed by atoms with Crippen molar-refractivity contribution in [1.82, 2.24) is 24.3 Å². The summed E-state index contributed by atoms with van der Waals surface area (Å²) in [6.45, 7) is 3.22. The molecule has 2 atom stereocenters. The molecule has 0 spiro atoms. The highest BCUT2D eigenvalue weighted by molar-refractivity contribution is 5.97. The van der Waals surface area contributed by atoms with E-state index in [2.05, 4.69) is 16.0 Å². The Balaban J connectivity index is 1.30.